The van der Waals surface area contributed by atoms with E-state index in [0.29, 0.717) is 0 Å². The molecule has 3 heteroatoms. The van der Waals surface area contributed by atoms with E-state index in [-0.39, 0.29) is 11.3 Å². The van der Waals surface area contributed by atoms with E-state index in [0.717, 1.165) is 0 Å². The first-order chi connectivity index (χ1) is 2.81. The van der Waals surface area contributed by atoms with Gasteiger partial charge in [-0.15, -0.1) is 23.2 Å². The Morgan fingerprint density at radius 2 is 2.17 bits per heavy atom. The second-order valence-corrected chi connectivity index (χ2v) is 1.59. The zero-order valence-electron chi connectivity index (χ0n) is 3.05. The molecule has 0 aromatic heterocycles. The summed E-state index contributed by atoms with van der Waals surface area (Å²) in [6.07, 6.45) is 0. The second-order valence-electron chi connectivity index (χ2n) is 0.785. The molecular formula is C3H4Cl2F. The zero-order chi connectivity index (χ0) is 4.99. The van der Waals surface area contributed by atoms with Crippen LogP contribution in [0.2, 0.25) is 0 Å². The average molecular weight is 130 g/mol. The minimum Gasteiger partial charge on any atom is -0.249 e. The molecule has 0 aliphatic carbocycles. The van der Waals surface area contributed by atoms with E-state index in [4.69, 9.17) is 23.2 Å². The van der Waals surface area contributed by atoms with Gasteiger partial charge in [0.05, 0.1) is 0 Å². The van der Waals surface area contributed by atoms with Crippen molar-refractivity contribution < 1.29 is 4.39 Å². The Morgan fingerprint density at radius 1 is 1.67 bits per heavy atom. The Kier molecular flexibility index (Phi) is 4.01. The quantitative estimate of drug-likeness (QED) is 0.501. The first kappa shape index (κ1) is 6.51. The van der Waals surface area contributed by atoms with Gasteiger partial charge in [0.2, 0.25) is 0 Å². The molecule has 0 saturated heterocycles. The third-order valence-electron chi connectivity index (χ3n) is 0.290. The SMILES string of the molecule is FC[C](Cl)CCl. The van der Waals surface area contributed by atoms with Gasteiger partial charge >= 0.3 is 0 Å². The van der Waals surface area contributed by atoms with Gasteiger partial charge in [0, 0.05) is 5.88 Å². The smallest absolute Gasteiger partial charge is 0.112 e. The van der Waals surface area contributed by atoms with Gasteiger partial charge in [-0.3, -0.25) is 0 Å². The molecule has 0 aromatic carbocycles. The molecule has 0 spiro atoms. The summed E-state index contributed by atoms with van der Waals surface area (Å²) in [7, 11) is 0. The van der Waals surface area contributed by atoms with Gasteiger partial charge in [-0.05, 0) is 0 Å². The van der Waals surface area contributed by atoms with Crippen LogP contribution in [0.15, 0.2) is 0 Å². The van der Waals surface area contributed by atoms with E-state index in [1.165, 1.54) is 0 Å². The van der Waals surface area contributed by atoms with Crippen molar-refractivity contribution in [1.82, 2.24) is 0 Å². The highest BCUT2D eigenvalue weighted by molar-refractivity contribution is 6.33. The van der Waals surface area contributed by atoms with Crippen molar-refractivity contribution in [3.8, 4) is 0 Å². The van der Waals surface area contributed by atoms with E-state index in [1.807, 2.05) is 0 Å². The van der Waals surface area contributed by atoms with Crippen LogP contribution in [0.25, 0.3) is 0 Å². The summed E-state index contributed by atoms with van der Waals surface area (Å²) in [6.45, 7) is -0.620. The Morgan fingerprint density at radius 3 is 2.17 bits per heavy atom. The molecule has 6 heavy (non-hydrogen) atoms. The van der Waals surface area contributed by atoms with Crippen LogP contribution in [0.1, 0.15) is 0 Å². The van der Waals surface area contributed by atoms with Crippen LogP contribution in [-0.4, -0.2) is 12.6 Å². The van der Waals surface area contributed by atoms with Crippen molar-refractivity contribution >= 4 is 23.2 Å². The average Bonchev–Trinajstić information content (AvgIpc) is 1.65. The molecule has 0 atom stereocenters. The number of rotatable bonds is 2. The number of hydrogen-bond acceptors (Lipinski definition) is 0. The van der Waals surface area contributed by atoms with Gasteiger partial charge in [0.1, 0.15) is 12.1 Å². The summed E-state index contributed by atoms with van der Waals surface area (Å²) >= 11 is 10.1. The Labute approximate surface area is 46.2 Å². The molecule has 0 aliphatic rings. The third kappa shape index (κ3) is 2.73. The third-order valence-corrected chi connectivity index (χ3v) is 0.984. The van der Waals surface area contributed by atoms with Crippen molar-refractivity contribution in [2.75, 3.05) is 12.6 Å². The highest BCUT2D eigenvalue weighted by Gasteiger charge is 1.98. The van der Waals surface area contributed by atoms with Gasteiger partial charge in [-0.25, -0.2) is 4.39 Å². The van der Waals surface area contributed by atoms with E-state index in [9.17, 15) is 4.39 Å². The van der Waals surface area contributed by atoms with Gasteiger partial charge in [0.25, 0.3) is 0 Å². The molecule has 0 rings (SSSR count). The summed E-state index contributed by atoms with van der Waals surface area (Å²) in [6, 6.07) is 0. The van der Waals surface area contributed by atoms with Crippen LogP contribution in [0, 0.1) is 5.38 Å². The summed E-state index contributed by atoms with van der Waals surface area (Å²) in [5.41, 5.74) is 0. The fraction of sp³-hybridized carbons (Fsp3) is 0.667. The summed E-state index contributed by atoms with van der Waals surface area (Å²) in [4.78, 5) is 0. The van der Waals surface area contributed by atoms with Gasteiger partial charge in [-0.2, -0.15) is 0 Å². The summed E-state index contributed by atoms with van der Waals surface area (Å²) < 4.78 is 11.1. The van der Waals surface area contributed by atoms with Crippen molar-refractivity contribution in [3.63, 3.8) is 0 Å². The standard InChI is InChI=1S/C3H4Cl2F/c4-1-3(5)2-6/h1-2H2. The minimum absolute atomic E-state index is 0.109. The molecule has 37 valence electrons. The van der Waals surface area contributed by atoms with Gasteiger partial charge in [0.15, 0.2) is 0 Å². The summed E-state index contributed by atoms with van der Waals surface area (Å²) in [5, 5.41) is 0.164. The Bertz CT molecular complexity index is 28.0. The predicted octanol–water partition coefficient (Wildman–Crippen LogP) is 1.97. The first-order valence-electron chi connectivity index (χ1n) is 1.43. The second kappa shape index (κ2) is 3.69. The number of alkyl halides is 2. The fourth-order valence-electron chi connectivity index (χ4n) is 0.0357. The lowest BCUT2D eigenvalue weighted by molar-refractivity contribution is 0.531. The monoisotopic (exact) mass is 129 g/mol. The maximum Gasteiger partial charge on any atom is 0.112 e. The molecule has 0 amide bonds. The van der Waals surface area contributed by atoms with Crippen molar-refractivity contribution in [1.29, 1.82) is 0 Å². The molecule has 0 heterocycles. The molecular weight excluding hydrogens is 126 g/mol. The lowest BCUT2D eigenvalue weighted by Crippen LogP contribution is -1.88. The van der Waals surface area contributed by atoms with E-state index >= 15 is 0 Å². The van der Waals surface area contributed by atoms with Crippen LogP contribution in [-0.2, 0) is 0 Å². The van der Waals surface area contributed by atoms with E-state index < -0.39 is 6.67 Å². The van der Waals surface area contributed by atoms with Crippen LogP contribution in [0.5, 0.6) is 0 Å². The maximum absolute atomic E-state index is 11.1. The topological polar surface area (TPSA) is 0 Å². The number of hydrogen-bond donors (Lipinski definition) is 0. The highest BCUT2D eigenvalue weighted by atomic mass is 35.5. The van der Waals surface area contributed by atoms with Crippen LogP contribution in [0.3, 0.4) is 0 Å². The normalized spacial score (nSPS) is 10.0. The first-order valence-corrected chi connectivity index (χ1v) is 2.34. The molecule has 0 unspecified atom stereocenters. The summed E-state index contributed by atoms with van der Waals surface area (Å²) in [5.74, 6) is 0.109. The molecule has 0 saturated carbocycles. The van der Waals surface area contributed by atoms with E-state index in [2.05, 4.69) is 0 Å². The highest BCUT2D eigenvalue weighted by Crippen LogP contribution is 2.07. The fourth-order valence-corrected chi connectivity index (χ4v) is 0.107. The van der Waals surface area contributed by atoms with Crippen molar-refractivity contribution in [3.05, 3.63) is 5.38 Å². The van der Waals surface area contributed by atoms with Crippen molar-refractivity contribution in [2.45, 2.75) is 0 Å². The Hall–Kier alpha value is 0.510. The maximum atomic E-state index is 11.1. The molecule has 0 aromatic rings. The molecule has 0 aliphatic heterocycles. The lowest BCUT2D eigenvalue weighted by Gasteiger charge is -1.89. The zero-order valence-corrected chi connectivity index (χ0v) is 4.56. The lowest BCUT2D eigenvalue weighted by atomic mass is 10.5. The van der Waals surface area contributed by atoms with Gasteiger partial charge in [-0.1, -0.05) is 0 Å². The predicted molar refractivity (Wildman–Crippen MR) is 25.8 cm³/mol. The van der Waals surface area contributed by atoms with E-state index in [1.54, 1.807) is 0 Å². The Balaban J connectivity index is 2.75. The molecule has 1 radical (unpaired) electrons. The van der Waals surface area contributed by atoms with Crippen LogP contribution in [0.4, 0.5) is 4.39 Å². The van der Waals surface area contributed by atoms with Crippen molar-refractivity contribution in [2.24, 2.45) is 0 Å². The van der Waals surface area contributed by atoms with Crippen LogP contribution < -0.4 is 0 Å². The molecule has 0 N–H and O–H groups in total. The largest absolute Gasteiger partial charge is 0.249 e. The molecule has 0 bridgehead atoms. The molecule has 0 nitrogen and oxygen atoms in total. The van der Waals surface area contributed by atoms with Gasteiger partial charge < -0.3 is 0 Å². The minimum atomic E-state index is -0.620. The van der Waals surface area contributed by atoms with Crippen LogP contribution >= 0.6 is 23.2 Å². The number of halogens is 3. The molecule has 0 fully saturated rings.